The monoisotopic (exact) mass is 420 g/mol. The molecule has 2 unspecified atom stereocenters. The quantitative estimate of drug-likeness (QED) is 0.615. The van der Waals surface area contributed by atoms with Gasteiger partial charge in [-0.2, -0.15) is 0 Å². The standard InChI is InChI=1S/C24H28N4O3/c1-30-24(29)17-6-8-20(9-7-17)28-12-10-27(11-13-28)16-19-15-25-26-23(19)22-14-18-4-2-3-5-21(18)31-22/h2-9,14,19,23,25-26H,10-13,15-16H2,1H3. The summed E-state index contributed by atoms with van der Waals surface area (Å²) in [7, 11) is 1.41. The Morgan fingerprint density at radius 2 is 1.87 bits per heavy atom. The van der Waals surface area contributed by atoms with E-state index in [4.69, 9.17) is 9.15 Å². The molecule has 5 rings (SSSR count). The number of hydrogen-bond donors (Lipinski definition) is 2. The van der Waals surface area contributed by atoms with E-state index in [1.54, 1.807) is 0 Å². The second-order valence-corrected chi connectivity index (χ2v) is 8.28. The zero-order valence-corrected chi connectivity index (χ0v) is 17.7. The molecule has 0 bridgehead atoms. The number of hydrogen-bond acceptors (Lipinski definition) is 7. The predicted octanol–water partition coefficient (Wildman–Crippen LogP) is 2.81. The summed E-state index contributed by atoms with van der Waals surface area (Å²) in [6.07, 6.45) is 0. The molecule has 3 aromatic rings. The van der Waals surface area contributed by atoms with Gasteiger partial charge >= 0.3 is 5.97 Å². The Kier molecular flexibility index (Phi) is 5.63. The average Bonchev–Trinajstić information content (AvgIpc) is 3.45. The van der Waals surface area contributed by atoms with Gasteiger partial charge in [0.25, 0.3) is 0 Å². The van der Waals surface area contributed by atoms with Crippen LogP contribution < -0.4 is 15.8 Å². The first-order valence-electron chi connectivity index (χ1n) is 10.8. The Hall–Kier alpha value is -2.87. The van der Waals surface area contributed by atoms with Gasteiger partial charge in [-0.15, -0.1) is 0 Å². The van der Waals surface area contributed by atoms with Crippen LogP contribution in [0.25, 0.3) is 11.0 Å². The largest absolute Gasteiger partial charge is 0.465 e. The summed E-state index contributed by atoms with van der Waals surface area (Å²) < 4.78 is 10.9. The van der Waals surface area contributed by atoms with Crippen LogP contribution in [0, 0.1) is 5.92 Å². The van der Waals surface area contributed by atoms with E-state index in [-0.39, 0.29) is 12.0 Å². The number of para-hydroxylation sites is 1. The van der Waals surface area contributed by atoms with Crippen molar-refractivity contribution in [1.29, 1.82) is 0 Å². The second kappa shape index (κ2) is 8.70. The lowest BCUT2D eigenvalue weighted by molar-refractivity contribution is 0.0600. The Morgan fingerprint density at radius 3 is 2.61 bits per heavy atom. The number of nitrogens with zero attached hydrogens (tertiary/aromatic N) is 2. The maximum absolute atomic E-state index is 11.6. The first kappa shape index (κ1) is 20.1. The number of anilines is 1. The number of furan rings is 1. The highest BCUT2D eigenvalue weighted by Crippen LogP contribution is 2.31. The molecule has 0 spiro atoms. The first-order chi connectivity index (χ1) is 15.2. The molecule has 0 radical (unpaired) electrons. The van der Waals surface area contributed by atoms with Crippen LogP contribution in [0.1, 0.15) is 22.2 Å². The molecule has 7 nitrogen and oxygen atoms in total. The lowest BCUT2D eigenvalue weighted by atomic mass is 9.98. The molecule has 2 aromatic carbocycles. The van der Waals surface area contributed by atoms with E-state index in [2.05, 4.69) is 32.8 Å². The summed E-state index contributed by atoms with van der Waals surface area (Å²) >= 11 is 0. The van der Waals surface area contributed by atoms with Crippen molar-refractivity contribution in [2.24, 2.45) is 5.92 Å². The molecule has 2 atom stereocenters. The molecule has 2 saturated heterocycles. The molecule has 1 aromatic heterocycles. The molecule has 31 heavy (non-hydrogen) atoms. The van der Waals surface area contributed by atoms with Crippen LogP contribution in [0.15, 0.2) is 59.0 Å². The number of nitrogens with one attached hydrogen (secondary N) is 2. The van der Waals surface area contributed by atoms with Gasteiger partial charge in [0.05, 0.1) is 18.7 Å². The fraction of sp³-hybridized carbons (Fsp3) is 0.375. The van der Waals surface area contributed by atoms with Gasteiger partial charge in [-0.1, -0.05) is 18.2 Å². The van der Waals surface area contributed by atoms with Gasteiger partial charge in [0.2, 0.25) is 0 Å². The van der Waals surface area contributed by atoms with Crippen LogP contribution in [-0.2, 0) is 4.74 Å². The normalized spacial score (nSPS) is 22.2. The van der Waals surface area contributed by atoms with Gasteiger partial charge in [0.15, 0.2) is 0 Å². The lowest BCUT2D eigenvalue weighted by Gasteiger charge is -2.37. The van der Waals surface area contributed by atoms with Crippen LogP contribution in [0.5, 0.6) is 0 Å². The van der Waals surface area contributed by atoms with Crippen molar-refractivity contribution < 1.29 is 13.9 Å². The van der Waals surface area contributed by atoms with Gasteiger partial charge in [0, 0.05) is 56.3 Å². The third-order valence-corrected chi connectivity index (χ3v) is 6.36. The van der Waals surface area contributed by atoms with Crippen molar-refractivity contribution >= 4 is 22.6 Å². The number of rotatable bonds is 5. The minimum absolute atomic E-state index is 0.177. The van der Waals surface area contributed by atoms with Gasteiger partial charge in [-0.05, 0) is 36.4 Å². The second-order valence-electron chi connectivity index (χ2n) is 8.28. The smallest absolute Gasteiger partial charge is 0.337 e. The molecule has 0 saturated carbocycles. The molecule has 0 amide bonds. The summed E-state index contributed by atoms with van der Waals surface area (Å²) in [6, 6.07) is 18.2. The van der Waals surface area contributed by atoms with Gasteiger partial charge in [-0.25, -0.2) is 10.2 Å². The highest BCUT2D eigenvalue weighted by Gasteiger charge is 2.33. The van der Waals surface area contributed by atoms with E-state index in [0.29, 0.717) is 11.5 Å². The van der Waals surface area contributed by atoms with Crippen LogP contribution in [0.2, 0.25) is 0 Å². The number of ether oxygens (including phenoxy) is 1. The van der Waals surface area contributed by atoms with Crippen molar-refractivity contribution in [3.05, 3.63) is 65.9 Å². The molecular weight excluding hydrogens is 392 g/mol. The van der Waals surface area contributed by atoms with Gasteiger partial charge < -0.3 is 14.1 Å². The summed E-state index contributed by atoms with van der Waals surface area (Å²) in [6.45, 7) is 5.93. The van der Waals surface area contributed by atoms with Gasteiger partial charge in [0.1, 0.15) is 11.3 Å². The van der Waals surface area contributed by atoms with E-state index in [1.165, 1.54) is 7.11 Å². The third-order valence-electron chi connectivity index (χ3n) is 6.36. The molecule has 2 aliphatic heterocycles. The minimum atomic E-state index is -0.297. The van der Waals surface area contributed by atoms with Crippen molar-refractivity contribution in [3.8, 4) is 0 Å². The van der Waals surface area contributed by atoms with Crippen molar-refractivity contribution in [2.45, 2.75) is 6.04 Å². The molecule has 7 heteroatoms. The van der Waals surface area contributed by atoms with Gasteiger partial charge in [-0.3, -0.25) is 10.3 Å². The molecule has 0 aliphatic carbocycles. The number of benzene rings is 2. The Labute approximate surface area is 181 Å². The summed E-state index contributed by atoms with van der Waals surface area (Å²) in [5, 5.41) is 1.15. The van der Waals surface area contributed by atoms with E-state index in [1.807, 2.05) is 42.5 Å². The first-order valence-corrected chi connectivity index (χ1v) is 10.8. The number of methoxy groups -OCH3 is 1. The average molecular weight is 421 g/mol. The topological polar surface area (TPSA) is 70.0 Å². The molecule has 2 fully saturated rings. The molecule has 3 heterocycles. The fourth-order valence-corrected chi connectivity index (χ4v) is 4.61. The van der Waals surface area contributed by atoms with Crippen molar-refractivity contribution in [2.75, 3.05) is 51.3 Å². The summed E-state index contributed by atoms with van der Waals surface area (Å²) in [4.78, 5) is 16.5. The third kappa shape index (κ3) is 4.17. The molecule has 162 valence electrons. The SMILES string of the molecule is COC(=O)c1ccc(N2CCN(CC3CNNC3c3cc4ccccc4o3)CC2)cc1. The summed E-state index contributed by atoms with van der Waals surface area (Å²) in [5.74, 6) is 1.15. The Morgan fingerprint density at radius 1 is 1.10 bits per heavy atom. The highest BCUT2D eigenvalue weighted by molar-refractivity contribution is 5.89. The Balaban J connectivity index is 1.18. The highest BCUT2D eigenvalue weighted by atomic mass is 16.5. The van der Waals surface area contributed by atoms with Crippen molar-refractivity contribution in [1.82, 2.24) is 15.8 Å². The van der Waals surface area contributed by atoms with Crippen LogP contribution in [0.4, 0.5) is 5.69 Å². The minimum Gasteiger partial charge on any atom is -0.465 e. The molecule has 2 aliphatic rings. The van der Waals surface area contributed by atoms with Crippen LogP contribution in [-0.4, -0.2) is 57.2 Å². The van der Waals surface area contributed by atoms with Crippen LogP contribution in [0.3, 0.4) is 0 Å². The zero-order valence-electron chi connectivity index (χ0n) is 17.7. The lowest BCUT2D eigenvalue weighted by Crippen LogP contribution is -2.48. The Bertz CT molecular complexity index is 1010. The molecule has 2 N–H and O–H groups in total. The number of esters is 1. The maximum Gasteiger partial charge on any atom is 0.337 e. The summed E-state index contributed by atoms with van der Waals surface area (Å²) in [5.41, 5.74) is 9.41. The number of carbonyl (C=O) groups is 1. The van der Waals surface area contributed by atoms with Crippen molar-refractivity contribution in [3.63, 3.8) is 0 Å². The van der Waals surface area contributed by atoms with E-state index in [9.17, 15) is 4.79 Å². The zero-order chi connectivity index (χ0) is 21.2. The number of carbonyl (C=O) groups excluding carboxylic acids is 1. The predicted molar refractivity (Wildman–Crippen MR) is 120 cm³/mol. The van der Waals surface area contributed by atoms with E-state index < -0.39 is 0 Å². The number of hydrazine groups is 1. The maximum atomic E-state index is 11.6. The van der Waals surface area contributed by atoms with Crippen LogP contribution >= 0.6 is 0 Å². The number of fused-ring (bicyclic) bond motifs is 1. The molecular formula is C24H28N4O3. The van der Waals surface area contributed by atoms with E-state index >= 15 is 0 Å². The fourth-order valence-electron chi connectivity index (χ4n) is 4.61. The number of piperazine rings is 1. The van der Waals surface area contributed by atoms with E-state index in [0.717, 1.165) is 61.7 Å².